The minimum Gasteiger partial charge on any atom is -0.497 e. The Morgan fingerprint density at radius 2 is 1.60 bits per heavy atom. The minimum absolute atomic E-state index is 0.143. The number of methoxy groups -OCH3 is 1. The van der Waals surface area contributed by atoms with E-state index in [1.807, 2.05) is 12.1 Å². The highest BCUT2D eigenvalue weighted by Gasteiger charge is 2.45. The van der Waals surface area contributed by atoms with E-state index < -0.39 is 5.60 Å². The lowest BCUT2D eigenvalue weighted by Crippen LogP contribution is -2.43. The summed E-state index contributed by atoms with van der Waals surface area (Å²) < 4.78 is 23.6. The summed E-state index contributed by atoms with van der Waals surface area (Å²) in [5, 5.41) is 0. The predicted octanol–water partition coefficient (Wildman–Crippen LogP) is 5.49. The monoisotopic (exact) mass is 473 g/mol. The van der Waals surface area contributed by atoms with Gasteiger partial charge in [-0.15, -0.1) is 0 Å². The molecule has 2 heterocycles. The molecule has 5 rings (SSSR count). The molecule has 0 aromatic heterocycles. The molecule has 0 amide bonds. The SMILES string of the molecule is COc1ccc2c(c1)OC(C)(C)C(c1ccccc1)[C@@H]2c1ccc(OCCN2CCOCC2)cc1. The summed E-state index contributed by atoms with van der Waals surface area (Å²) in [6, 6.07) is 25.5. The molecule has 1 unspecified atom stereocenters. The Hall–Kier alpha value is -3.02. The van der Waals surface area contributed by atoms with Gasteiger partial charge in [-0.1, -0.05) is 48.5 Å². The van der Waals surface area contributed by atoms with Gasteiger partial charge in [-0.25, -0.2) is 0 Å². The molecule has 5 heteroatoms. The first kappa shape index (κ1) is 23.7. The van der Waals surface area contributed by atoms with Gasteiger partial charge in [-0.3, -0.25) is 4.90 Å². The van der Waals surface area contributed by atoms with Gasteiger partial charge in [0.25, 0.3) is 0 Å². The first-order valence-electron chi connectivity index (χ1n) is 12.5. The standard InChI is InChI=1S/C30H35NO4/c1-30(2)29(23-7-5-4-6-8-23)28(26-14-13-25(32-3)21-27(26)35-30)22-9-11-24(12-10-22)34-20-17-31-15-18-33-19-16-31/h4-14,21,28-29H,15-20H2,1-3H3/t28-,29?/m1/s1. The van der Waals surface area contributed by atoms with E-state index in [4.69, 9.17) is 18.9 Å². The fraction of sp³-hybridized carbons (Fsp3) is 0.400. The van der Waals surface area contributed by atoms with Gasteiger partial charge < -0.3 is 18.9 Å². The van der Waals surface area contributed by atoms with Crippen molar-refractivity contribution in [3.63, 3.8) is 0 Å². The molecule has 35 heavy (non-hydrogen) atoms. The average Bonchev–Trinajstić information content (AvgIpc) is 2.88. The molecule has 0 spiro atoms. The van der Waals surface area contributed by atoms with Crippen LogP contribution in [0.4, 0.5) is 0 Å². The van der Waals surface area contributed by atoms with Crippen molar-refractivity contribution < 1.29 is 18.9 Å². The van der Waals surface area contributed by atoms with Gasteiger partial charge in [0.2, 0.25) is 0 Å². The third kappa shape index (κ3) is 5.16. The van der Waals surface area contributed by atoms with Gasteiger partial charge in [0, 0.05) is 43.1 Å². The summed E-state index contributed by atoms with van der Waals surface area (Å²) in [6.07, 6.45) is 0. The fourth-order valence-electron chi connectivity index (χ4n) is 5.43. The van der Waals surface area contributed by atoms with Crippen LogP contribution in [0.25, 0.3) is 0 Å². The molecule has 3 aromatic carbocycles. The Balaban J connectivity index is 1.43. The van der Waals surface area contributed by atoms with Crippen LogP contribution < -0.4 is 14.2 Å². The quantitative estimate of drug-likeness (QED) is 0.454. The van der Waals surface area contributed by atoms with E-state index in [9.17, 15) is 0 Å². The summed E-state index contributed by atoms with van der Waals surface area (Å²) in [5.41, 5.74) is 3.30. The maximum Gasteiger partial charge on any atom is 0.127 e. The van der Waals surface area contributed by atoms with E-state index in [0.717, 1.165) is 50.1 Å². The Kier molecular flexibility index (Phi) is 6.98. The third-order valence-electron chi connectivity index (χ3n) is 7.19. The smallest absolute Gasteiger partial charge is 0.127 e. The highest BCUT2D eigenvalue weighted by Crippen LogP contribution is 2.53. The second-order valence-electron chi connectivity index (χ2n) is 9.85. The van der Waals surface area contributed by atoms with E-state index in [-0.39, 0.29) is 11.8 Å². The van der Waals surface area contributed by atoms with E-state index >= 15 is 0 Å². The van der Waals surface area contributed by atoms with Crippen molar-refractivity contribution in [3.8, 4) is 17.2 Å². The van der Waals surface area contributed by atoms with Gasteiger partial charge in [-0.2, -0.15) is 0 Å². The number of ether oxygens (including phenoxy) is 4. The van der Waals surface area contributed by atoms with Gasteiger partial charge in [0.05, 0.1) is 20.3 Å². The zero-order valence-corrected chi connectivity index (χ0v) is 20.9. The molecule has 1 saturated heterocycles. The van der Waals surface area contributed by atoms with Crippen LogP contribution in [-0.4, -0.2) is 57.1 Å². The fourth-order valence-corrected chi connectivity index (χ4v) is 5.43. The first-order valence-corrected chi connectivity index (χ1v) is 12.5. The lowest BCUT2D eigenvalue weighted by atomic mass is 9.68. The number of fused-ring (bicyclic) bond motifs is 1. The third-order valence-corrected chi connectivity index (χ3v) is 7.19. The number of rotatable bonds is 7. The summed E-state index contributed by atoms with van der Waals surface area (Å²) >= 11 is 0. The lowest BCUT2D eigenvalue weighted by molar-refractivity contribution is 0.0322. The molecule has 5 nitrogen and oxygen atoms in total. The summed E-state index contributed by atoms with van der Waals surface area (Å²) in [4.78, 5) is 2.39. The van der Waals surface area contributed by atoms with Crippen molar-refractivity contribution in [2.45, 2.75) is 31.3 Å². The second kappa shape index (κ2) is 10.3. The Labute approximate surface area is 208 Å². The second-order valence-corrected chi connectivity index (χ2v) is 9.85. The van der Waals surface area contributed by atoms with Crippen LogP contribution in [0, 0.1) is 0 Å². The Bertz CT molecular complexity index is 1110. The molecule has 0 radical (unpaired) electrons. The van der Waals surface area contributed by atoms with Crippen molar-refractivity contribution in [2.24, 2.45) is 0 Å². The Morgan fingerprint density at radius 1 is 0.886 bits per heavy atom. The zero-order chi connectivity index (χ0) is 24.3. The minimum atomic E-state index is -0.404. The van der Waals surface area contributed by atoms with Crippen molar-refractivity contribution in [1.82, 2.24) is 4.90 Å². The molecule has 2 aliphatic rings. The molecule has 0 N–H and O–H groups in total. The number of benzene rings is 3. The number of nitrogens with zero attached hydrogens (tertiary/aromatic N) is 1. The van der Waals surface area contributed by atoms with Crippen molar-refractivity contribution in [2.75, 3.05) is 46.6 Å². The van der Waals surface area contributed by atoms with Crippen LogP contribution in [0.2, 0.25) is 0 Å². The summed E-state index contributed by atoms with van der Waals surface area (Å²) in [6.45, 7) is 9.55. The van der Waals surface area contributed by atoms with E-state index in [2.05, 4.69) is 79.4 Å². The van der Waals surface area contributed by atoms with E-state index in [0.29, 0.717) is 6.61 Å². The molecule has 0 saturated carbocycles. The van der Waals surface area contributed by atoms with Crippen LogP contribution in [0.5, 0.6) is 17.2 Å². The van der Waals surface area contributed by atoms with Crippen molar-refractivity contribution in [1.29, 1.82) is 0 Å². The molecule has 0 aliphatic carbocycles. The molecule has 2 atom stereocenters. The van der Waals surface area contributed by atoms with Crippen LogP contribution in [0.1, 0.15) is 42.4 Å². The summed E-state index contributed by atoms with van der Waals surface area (Å²) in [5.74, 6) is 2.89. The van der Waals surface area contributed by atoms with Crippen LogP contribution in [0.15, 0.2) is 72.8 Å². The van der Waals surface area contributed by atoms with E-state index in [1.165, 1.54) is 16.7 Å². The first-order chi connectivity index (χ1) is 17.0. The highest BCUT2D eigenvalue weighted by atomic mass is 16.5. The molecular weight excluding hydrogens is 438 g/mol. The normalized spacial score (nSPS) is 21.6. The number of hydrogen-bond acceptors (Lipinski definition) is 5. The van der Waals surface area contributed by atoms with Gasteiger partial charge in [0.1, 0.15) is 29.5 Å². The molecule has 2 aliphatic heterocycles. The Morgan fingerprint density at radius 3 is 2.31 bits per heavy atom. The van der Waals surface area contributed by atoms with Gasteiger partial charge in [0.15, 0.2) is 0 Å². The molecule has 184 valence electrons. The van der Waals surface area contributed by atoms with Crippen LogP contribution in [-0.2, 0) is 4.74 Å². The van der Waals surface area contributed by atoms with Crippen molar-refractivity contribution >= 4 is 0 Å². The molecular formula is C30H35NO4. The topological polar surface area (TPSA) is 40.2 Å². The maximum absolute atomic E-state index is 6.60. The average molecular weight is 474 g/mol. The predicted molar refractivity (Wildman–Crippen MR) is 138 cm³/mol. The largest absolute Gasteiger partial charge is 0.497 e. The van der Waals surface area contributed by atoms with Gasteiger partial charge >= 0.3 is 0 Å². The lowest BCUT2D eigenvalue weighted by Gasteiger charge is -2.45. The number of hydrogen-bond donors (Lipinski definition) is 0. The molecule has 1 fully saturated rings. The van der Waals surface area contributed by atoms with Crippen LogP contribution >= 0.6 is 0 Å². The van der Waals surface area contributed by atoms with Gasteiger partial charge in [-0.05, 0) is 43.2 Å². The van der Waals surface area contributed by atoms with E-state index in [1.54, 1.807) is 7.11 Å². The summed E-state index contributed by atoms with van der Waals surface area (Å²) in [7, 11) is 1.69. The molecule has 0 bridgehead atoms. The van der Waals surface area contributed by atoms with Crippen molar-refractivity contribution in [3.05, 3.63) is 89.5 Å². The maximum atomic E-state index is 6.60. The highest BCUT2D eigenvalue weighted by molar-refractivity contribution is 5.52. The zero-order valence-electron chi connectivity index (χ0n) is 20.9. The molecule has 3 aromatic rings. The van der Waals surface area contributed by atoms with Crippen LogP contribution in [0.3, 0.4) is 0 Å². The number of morpholine rings is 1.